The quantitative estimate of drug-likeness (QED) is 0.721. The van der Waals surface area contributed by atoms with Gasteiger partial charge in [-0.1, -0.05) is 0 Å². The minimum absolute atomic E-state index is 0.0870. The van der Waals surface area contributed by atoms with Gasteiger partial charge in [0.1, 0.15) is 0 Å². The van der Waals surface area contributed by atoms with Crippen molar-refractivity contribution in [2.45, 2.75) is 25.4 Å². The lowest BCUT2D eigenvalue weighted by atomic mass is 10.2. The molecule has 4 heterocycles. The first-order valence-electron chi connectivity index (χ1n) is 7.84. The molecule has 1 saturated heterocycles. The summed E-state index contributed by atoms with van der Waals surface area (Å²) in [5.41, 5.74) is 1.64. The zero-order valence-corrected chi connectivity index (χ0v) is 13.8. The van der Waals surface area contributed by atoms with Crippen LogP contribution in [0.4, 0.5) is 5.82 Å². The monoisotopic (exact) mass is 340 g/mol. The number of nitrogens with zero attached hydrogens (tertiary/aromatic N) is 6. The van der Waals surface area contributed by atoms with E-state index in [1.165, 1.54) is 11.7 Å². The Hall–Kier alpha value is -2.61. The highest BCUT2D eigenvalue weighted by Gasteiger charge is 2.27. The molecule has 0 N–H and O–H groups in total. The molecule has 0 radical (unpaired) electrons. The Morgan fingerprint density at radius 3 is 2.88 bits per heavy atom. The average molecular weight is 340 g/mol. The molecular formula is C16H16N6OS. The second kappa shape index (κ2) is 6.48. The van der Waals surface area contributed by atoms with E-state index in [1.807, 2.05) is 12.1 Å². The smallest absolute Gasteiger partial charge is 0.266 e. The van der Waals surface area contributed by atoms with Crippen molar-refractivity contribution in [1.29, 1.82) is 0 Å². The second-order valence-corrected chi connectivity index (χ2v) is 6.29. The third kappa shape index (κ3) is 2.92. The van der Waals surface area contributed by atoms with Gasteiger partial charge >= 0.3 is 0 Å². The molecule has 3 aromatic rings. The lowest BCUT2D eigenvalue weighted by Crippen LogP contribution is -2.37. The molecule has 1 aliphatic rings. The van der Waals surface area contributed by atoms with Crippen molar-refractivity contribution in [3.63, 3.8) is 0 Å². The van der Waals surface area contributed by atoms with Crippen molar-refractivity contribution >= 4 is 17.5 Å². The molecule has 0 spiro atoms. The molecule has 1 aliphatic heterocycles. The second-order valence-electron chi connectivity index (χ2n) is 5.73. The van der Waals surface area contributed by atoms with Crippen molar-refractivity contribution in [2.24, 2.45) is 0 Å². The molecule has 0 aromatic carbocycles. The van der Waals surface area contributed by atoms with E-state index in [2.05, 4.69) is 23.7 Å². The van der Waals surface area contributed by atoms with Crippen molar-refractivity contribution in [3.8, 4) is 11.3 Å². The normalized spacial score (nSPS) is 17.3. The van der Waals surface area contributed by atoms with Crippen molar-refractivity contribution in [2.75, 3.05) is 11.4 Å². The van der Waals surface area contributed by atoms with Crippen LogP contribution in [0.15, 0.2) is 47.7 Å². The van der Waals surface area contributed by atoms with Gasteiger partial charge in [0.05, 0.1) is 36.2 Å². The molecule has 0 aliphatic carbocycles. The van der Waals surface area contributed by atoms with E-state index in [-0.39, 0.29) is 11.6 Å². The molecule has 3 aromatic heterocycles. The van der Waals surface area contributed by atoms with Gasteiger partial charge in [0.15, 0.2) is 5.82 Å². The Balaban J connectivity index is 1.61. The lowest BCUT2D eigenvalue weighted by molar-refractivity contribution is 0.489. The molecule has 122 valence electrons. The number of anilines is 1. The van der Waals surface area contributed by atoms with Gasteiger partial charge in [-0.3, -0.25) is 9.78 Å². The molecule has 24 heavy (non-hydrogen) atoms. The number of hydrogen-bond donors (Lipinski definition) is 0. The third-order valence-electron chi connectivity index (χ3n) is 4.25. The summed E-state index contributed by atoms with van der Waals surface area (Å²) in [6.45, 7) is 1.49. The first-order chi connectivity index (χ1) is 11.8. The first-order valence-corrected chi connectivity index (χ1v) is 8.57. The van der Waals surface area contributed by atoms with E-state index in [4.69, 9.17) is 0 Å². The van der Waals surface area contributed by atoms with E-state index in [0.717, 1.165) is 36.5 Å². The standard InChI is InChI=1S/C16H16N6OS/c23-16-4-3-14(12-5-7-17-8-6-12)19-22(16)11-13-2-1-9-21(13)15-10-18-24-20-15/h3-8,10,13H,1-2,9,11H2. The fraction of sp³-hybridized carbons (Fsp3) is 0.312. The summed E-state index contributed by atoms with van der Waals surface area (Å²) >= 11 is 1.21. The summed E-state index contributed by atoms with van der Waals surface area (Å²) in [7, 11) is 0. The van der Waals surface area contributed by atoms with Gasteiger partial charge in [-0.2, -0.15) is 13.8 Å². The predicted octanol–water partition coefficient (Wildman–Crippen LogP) is 1.83. The highest BCUT2D eigenvalue weighted by atomic mass is 32.1. The Labute approximate surface area is 142 Å². The maximum atomic E-state index is 12.2. The fourth-order valence-corrected chi connectivity index (χ4v) is 3.49. The van der Waals surface area contributed by atoms with Crippen LogP contribution in [0, 0.1) is 0 Å². The highest BCUT2D eigenvalue weighted by molar-refractivity contribution is 6.99. The van der Waals surface area contributed by atoms with Crippen LogP contribution in [-0.4, -0.2) is 36.1 Å². The van der Waals surface area contributed by atoms with Crippen LogP contribution in [0.5, 0.6) is 0 Å². The molecule has 1 fully saturated rings. The predicted molar refractivity (Wildman–Crippen MR) is 92.0 cm³/mol. The Bertz CT molecular complexity index is 864. The molecule has 0 bridgehead atoms. The number of hydrogen-bond acceptors (Lipinski definition) is 7. The summed E-state index contributed by atoms with van der Waals surface area (Å²) in [6.07, 6.45) is 7.33. The molecule has 4 rings (SSSR count). The van der Waals surface area contributed by atoms with E-state index < -0.39 is 0 Å². The zero-order chi connectivity index (χ0) is 16.4. The van der Waals surface area contributed by atoms with Crippen molar-refractivity contribution < 1.29 is 0 Å². The lowest BCUT2D eigenvalue weighted by Gasteiger charge is -2.24. The molecule has 8 heteroatoms. The van der Waals surface area contributed by atoms with Crippen LogP contribution in [0.2, 0.25) is 0 Å². The van der Waals surface area contributed by atoms with Crippen LogP contribution >= 0.6 is 11.7 Å². The van der Waals surface area contributed by atoms with E-state index >= 15 is 0 Å². The number of aromatic nitrogens is 5. The maximum Gasteiger partial charge on any atom is 0.266 e. The molecule has 1 atom stereocenters. The maximum absolute atomic E-state index is 12.2. The average Bonchev–Trinajstić information content (AvgIpc) is 3.29. The molecule has 0 amide bonds. The van der Waals surface area contributed by atoms with Crippen LogP contribution in [0.3, 0.4) is 0 Å². The SMILES string of the molecule is O=c1ccc(-c2ccncc2)nn1CC1CCCN1c1cnsn1. The molecule has 1 unspecified atom stereocenters. The Kier molecular flexibility index (Phi) is 4.04. The van der Waals surface area contributed by atoms with Gasteiger partial charge in [0.2, 0.25) is 0 Å². The minimum atomic E-state index is -0.0870. The highest BCUT2D eigenvalue weighted by Crippen LogP contribution is 2.24. The summed E-state index contributed by atoms with van der Waals surface area (Å²) in [5, 5.41) is 4.54. The summed E-state index contributed by atoms with van der Waals surface area (Å²) < 4.78 is 9.95. The molecule has 0 saturated carbocycles. The first kappa shape index (κ1) is 14.9. The Morgan fingerprint density at radius 2 is 2.08 bits per heavy atom. The summed E-state index contributed by atoms with van der Waals surface area (Å²) in [5.74, 6) is 0.890. The fourth-order valence-electron chi connectivity index (χ4n) is 3.07. The van der Waals surface area contributed by atoms with Gasteiger partial charge in [-0.25, -0.2) is 4.68 Å². The van der Waals surface area contributed by atoms with Gasteiger partial charge < -0.3 is 4.90 Å². The number of pyridine rings is 1. The van der Waals surface area contributed by atoms with Gasteiger partial charge in [0, 0.05) is 30.6 Å². The van der Waals surface area contributed by atoms with E-state index in [0.29, 0.717) is 6.54 Å². The largest absolute Gasteiger partial charge is 0.350 e. The summed E-state index contributed by atoms with van der Waals surface area (Å²) in [4.78, 5) is 18.5. The van der Waals surface area contributed by atoms with Crippen LogP contribution in [-0.2, 0) is 6.54 Å². The van der Waals surface area contributed by atoms with Crippen LogP contribution in [0.25, 0.3) is 11.3 Å². The third-order valence-corrected chi connectivity index (χ3v) is 4.72. The molecule has 7 nitrogen and oxygen atoms in total. The zero-order valence-electron chi connectivity index (χ0n) is 12.9. The summed E-state index contributed by atoms with van der Waals surface area (Å²) in [6, 6.07) is 7.32. The van der Waals surface area contributed by atoms with Gasteiger partial charge in [0.25, 0.3) is 5.56 Å². The number of rotatable bonds is 4. The van der Waals surface area contributed by atoms with Crippen LogP contribution < -0.4 is 10.5 Å². The van der Waals surface area contributed by atoms with Crippen molar-refractivity contribution in [3.05, 3.63) is 53.2 Å². The van der Waals surface area contributed by atoms with Gasteiger partial charge in [-0.05, 0) is 31.0 Å². The van der Waals surface area contributed by atoms with E-state index in [9.17, 15) is 4.79 Å². The minimum Gasteiger partial charge on any atom is -0.350 e. The van der Waals surface area contributed by atoms with Gasteiger partial charge in [-0.15, -0.1) is 0 Å². The van der Waals surface area contributed by atoms with Crippen LogP contribution in [0.1, 0.15) is 12.8 Å². The molecular weight excluding hydrogens is 324 g/mol. The topological polar surface area (TPSA) is 76.8 Å². The van der Waals surface area contributed by atoms with Crippen molar-refractivity contribution in [1.82, 2.24) is 23.5 Å². The Morgan fingerprint density at radius 1 is 1.21 bits per heavy atom. The van der Waals surface area contributed by atoms with E-state index in [1.54, 1.807) is 35.4 Å².